The summed E-state index contributed by atoms with van der Waals surface area (Å²) in [5.74, 6) is 1.04. The van der Waals surface area contributed by atoms with Crippen molar-refractivity contribution < 1.29 is 9.53 Å². The van der Waals surface area contributed by atoms with Crippen molar-refractivity contribution in [2.24, 2.45) is 11.8 Å². The molecule has 1 saturated heterocycles. The average Bonchev–Trinajstić information content (AvgIpc) is 2.71. The maximum absolute atomic E-state index is 12.4. The van der Waals surface area contributed by atoms with Crippen LogP contribution < -0.4 is 5.32 Å². The zero-order valence-electron chi connectivity index (χ0n) is 12.4. The summed E-state index contributed by atoms with van der Waals surface area (Å²) < 4.78 is 5.52. The third-order valence-electron chi connectivity index (χ3n) is 3.91. The van der Waals surface area contributed by atoms with Crippen LogP contribution in [-0.2, 0) is 9.53 Å². The van der Waals surface area contributed by atoms with Crippen molar-refractivity contribution in [2.75, 3.05) is 19.9 Å². The quantitative estimate of drug-likeness (QED) is 0.756. The van der Waals surface area contributed by atoms with Crippen LogP contribution in [0.5, 0.6) is 0 Å². The minimum atomic E-state index is -0.0159. The number of carbonyl (C=O) groups excluding carboxylic acids is 1. The van der Waals surface area contributed by atoms with E-state index in [2.05, 4.69) is 33.0 Å². The molecule has 1 amide bonds. The smallest absolute Gasteiger partial charge is 0.241 e. The second-order valence-electron chi connectivity index (χ2n) is 5.50. The van der Waals surface area contributed by atoms with Gasteiger partial charge in [0.1, 0.15) is 0 Å². The Morgan fingerprint density at radius 3 is 2.56 bits per heavy atom. The van der Waals surface area contributed by atoms with Gasteiger partial charge in [-0.05, 0) is 18.8 Å². The molecule has 4 heteroatoms. The zero-order valence-corrected chi connectivity index (χ0v) is 12.4. The van der Waals surface area contributed by atoms with E-state index >= 15 is 0 Å². The number of nitrogens with one attached hydrogen (secondary N) is 1. The Balaban J connectivity index is 2.67. The van der Waals surface area contributed by atoms with Gasteiger partial charge in [0.05, 0.1) is 25.4 Å². The van der Waals surface area contributed by atoms with Gasteiger partial charge in [-0.15, -0.1) is 0 Å². The summed E-state index contributed by atoms with van der Waals surface area (Å²) in [5.41, 5.74) is 0. The highest BCUT2D eigenvalue weighted by Crippen LogP contribution is 2.20. The predicted octanol–water partition coefficient (Wildman–Crippen LogP) is 1.85. The second-order valence-corrected chi connectivity index (χ2v) is 5.50. The van der Waals surface area contributed by atoms with Gasteiger partial charge in [-0.2, -0.15) is 0 Å². The van der Waals surface area contributed by atoms with Crippen LogP contribution in [0.15, 0.2) is 0 Å². The van der Waals surface area contributed by atoms with Gasteiger partial charge in [0.25, 0.3) is 0 Å². The third-order valence-corrected chi connectivity index (χ3v) is 3.91. The molecule has 0 spiro atoms. The monoisotopic (exact) mass is 256 g/mol. The molecule has 3 unspecified atom stereocenters. The van der Waals surface area contributed by atoms with Crippen molar-refractivity contribution in [1.29, 1.82) is 0 Å². The topological polar surface area (TPSA) is 41.6 Å². The molecule has 18 heavy (non-hydrogen) atoms. The van der Waals surface area contributed by atoms with E-state index in [1.165, 1.54) is 0 Å². The largest absolute Gasteiger partial charge is 0.380 e. The Labute approximate surface area is 111 Å². The SMILES string of the molecule is CCOCC(C(C)C)N1CNC(C(C)CC)C1=O. The maximum Gasteiger partial charge on any atom is 0.241 e. The van der Waals surface area contributed by atoms with Gasteiger partial charge in [0, 0.05) is 6.61 Å². The van der Waals surface area contributed by atoms with E-state index in [4.69, 9.17) is 4.74 Å². The summed E-state index contributed by atoms with van der Waals surface area (Å²) >= 11 is 0. The summed E-state index contributed by atoms with van der Waals surface area (Å²) in [7, 11) is 0. The highest BCUT2D eigenvalue weighted by molar-refractivity contribution is 5.84. The van der Waals surface area contributed by atoms with Crippen LogP contribution in [0.25, 0.3) is 0 Å². The lowest BCUT2D eigenvalue weighted by Gasteiger charge is -2.30. The van der Waals surface area contributed by atoms with Crippen LogP contribution in [-0.4, -0.2) is 42.8 Å². The molecule has 1 heterocycles. The summed E-state index contributed by atoms with van der Waals surface area (Å²) in [5, 5.41) is 3.34. The predicted molar refractivity (Wildman–Crippen MR) is 73.2 cm³/mol. The number of nitrogens with zero attached hydrogens (tertiary/aromatic N) is 1. The molecular weight excluding hydrogens is 228 g/mol. The molecule has 0 aromatic carbocycles. The van der Waals surface area contributed by atoms with Crippen LogP contribution in [0.3, 0.4) is 0 Å². The fourth-order valence-electron chi connectivity index (χ4n) is 2.38. The number of ether oxygens (including phenoxy) is 1. The lowest BCUT2D eigenvalue weighted by Crippen LogP contribution is -2.45. The van der Waals surface area contributed by atoms with Crippen LogP contribution in [0.1, 0.15) is 41.0 Å². The standard InChI is InChI=1S/C14H28N2O2/c1-6-11(5)13-14(17)16(9-15-13)12(10(3)4)8-18-7-2/h10-13,15H,6-9H2,1-5H3. The summed E-state index contributed by atoms with van der Waals surface area (Å²) in [6.45, 7) is 12.5. The number of hydrogen-bond donors (Lipinski definition) is 1. The Kier molecular flexibility index (Phi) is 6.09. The number of amides is 1. The average molecular weight is 256 g/mol. The van der Waals surface area contributed by atoms with Gasteiger partial charge in [0.15, 0.2) is 0 Å². The lowest BCUT2D eigenvalue weighted by molar-refractivity contribution is -0.134. The molecule has 0 bridgehead atoms. The van der Waals surface area contributed by atoms with Gasteiger partial charge < -0.3 is 9.64 Å². The van der Waals surface area contributed by atoms with Crippen molar-refractivity contribution in [2.45, 2.75) is 53.1 Å². The number of rotatable bonds is 7. The van der Waals surface area contributed by atoms with E-state index in [1.807, 2.05) is 11.8 Å². The summed E-state index contributed by atoms with van der Waals surface area (Å²) in [4.78, 5) is 14.4. The Bertz CT molecular complexity index is 269. The first-order chi connectivity index (χ1) is 8.52. The zero-order chi connectivity index (χ0) is 13.7. The van der Waals surface area contributed by atoms with Crippen molar-refractivity contribution in [3.63, 3.8) is 0 Å². The Morgan fingerprint density at radius 2 is 2.06 bits per heavy atom. The molecule has 0 aromatic heterocycles. The first kappa shape index (κ1) is 15.4. The van der Waals surface area contributed by atoms with Crippen LogP contribution in [0, 0.1) is 11.8 Å². The van der Waals surface area contributed by atoms with E-state index in [1.54, 1.807) is 0 Å². The Morgan fingerprint density at radius 1 is 1.39 bits per heavy atom. The minimum absolute atomic E-state index is 0.0159. The molecule has 106 valence electrons. The maximum atomic E-state index is 12.4. The third kappa shape index (κ3) is 3.45. The van der Waals surface area contributed by atoms with Gasteiger partial charge >= 0.3 is 0 Å². The first-order valence-electron chi connectivity index (χ1n) is 7.14. The normalized spacial score (nSPS) is 23.8. The minimum Gasteiger partial charge on any atom is -0.380 e. The van der Waals surface area contributed by atoms with Gasteiger partial charge in [-0.25, -0.2) is 0 Å². The molecular formula is C14H28N2O2. The van der Waals surface area contributed by atoms with Crippen LogP contribution in [0.2, 0.25) is 0 Å². The molecule has 1 N–H and O–H groups in total. The number of hydrogen-bond acceptors (Lipinski definition) is 3. The lowest BCUT2D eigenvalue weighted by atomic mass is 9.98. The summed E-state index contributed by atoms with van der Waals surface area (Å²) in [6.07, 6.45) is 1.02. The van der Waals surface area contributed by atoms with Crippen molar-refractivity contribution in [3.8, 4) is 0 Å². The molecule has 3 atom stereocenters. The molecule has 0 aromatic rings. The number of carbonyl (C=O) groups is 1. The highest BCUT2D eigenvalue weighted by atomic mass is 16.5. The van der Waals surface area contributed by atoms with Gasteiger partial charge in [-0.3, -0.25) is 10.1 Å². The van der Waals surface area contributed by atoms with E-state index in [0.29, 0.717) is 31.7 Å². The van der Waals surface area contributed by atoms with Crippen molar-refractivity contribution in [3.05, 3.63) is 0 Å². The molecule has 0 radical (unpaired) electrons. The molecule has 1 aliphatic heterocycles. The molecule has 0 saturated carbocycles. The van der Waals surface area contributed by atoms with E-state index < -0.39 is 0 Å². The highest BCUT2D eigenvalue weighted by Gasteiger charge is 2.38. The van der Waals surface area contributed by atoms with Gasteiger partial charge in [-0.1, -0.05) is 34.1 Å². The molecule has 1 fully saturated rings. The van der Waals surface area contributed by atoms with Crippen molar-refractivity contribution >= 4 is 5.91 Å². The van der Waals surface area contributed by atoms with E-state index in [9.17, 15) is 4.79 Å². The fraction of sp³-hybridized carbons (Fsp3) is 0.929. The van der Waals surface area contributed by atoms with Crippen LogP contribution in [0.4, 0.5) is 0 Å². The second kappa shape index (κ2) is 7.10. The molecule has 1 rings (SSSR count). The molecule has 0 aliphatic carbocycles. The Hall–Kier alpha value is -0.610. The summed E-state index contributed by atoms with van der Waals surface area (Å²) in [6, 6.07) is 0.164. The van der Waals surface area contributed by atoms with Gasteiger partial charge in [0.2, 0.25) is 5.91 Å². The molecule has 1 aliphatic rings. The van der Waals surface area contributed by atoms with E-state index in [-0.39, 0.29) is 18.0 Å². The first-order valence-corrected chi connectivity index (χ1v) is 7.14. The fourth-order valence-corrected chi connectivity index (χ4v) is 2.38. The van der Waals surface area contributed by atoms with E-state index in [0.717, 1.165) is 6.42 Å². The van der Waals surface area contributed by atoms with Crippen LogP contribution >= 0.6 is 0 Å². The molecule has 4 nitrogen and oxygen atoms in total. The van der Waals surface area contributed by atoms with Crippen molar-refractivity contribution in [1.82, 2.24) is 10.2 Å².